The van der Waals surface area contributed by atoms with E-state index in [0.29, 0.717) is 6.54 Å². The maximum Gasteiger partial charge on any atom is 0.287 e. The largest absolute Gasteiger partial charge is 0.396 e. The van der Waals surface area contributed by atoms with Crippen molar-refractivity contribution in [2.24, 2.45) is 0 Å². The first kappa shape index (κ1) is 8.07. The van der Waals surface area contributed by atoms with Gasteiger partial charge < -0.3 is 5.73 Å². The zero-order valence-corrected chi connectivity index (χ0v) is 6.80. The fraction of sp³-hybridized carbons (Fsp3) is 0.333. The van der Waals surface area contributed by atoms with Crippen LogP contribution >= 0.6 is 11.6 Å². The molecule has 60 valence electrons. The summed E-state index contributed by atoms with van der Waals surface area (Å²) in [5, 5.41) is 3.80. The molecule has 0 atom stereocenters. The first-order valence-corrected chi connectivity index (χ1v) is 3.55. The number of hydrogen-bond acceptors (Lipinski definition) is 3. The summed E-state index contributed by atoms with van der Waals surface area (Å²) in [6, 6.07) is 0. The molecule has 1 aromatic heterocycles. The Hall–Kier alpha value is -1.03. The quantitative estimate of drug-likeness (QED) is 0.673. The molecule has 0 saturated carbocycles. The van der Waals surface area contributed by atoms with Crippen LogP contribution in [0.15, 0.2) is 11.0 Å². The van der Waals surface area contributed by atoms with E-state index in [4.69, 9.17) is 17.3 Å². The topological polar surface area (TPSA) is 60.9 Å². The highest BCUT2D eigenvalue weighted by Crippen LogP contribution is 2.09. The van der Waals surface area contributed by atoms with Crippen molar-refractivity contribution in [1.29, 1.82) is 0 Å². The Morgan fingerprint density at radius 3 is 3.00 bits per heavy atom. The van der Waals surface area contributed by atoms with Crippen molar-refractivity contribution >= 4 is 17.3 Å². The number of aromatic nitrogens is 2. The molecule has 0 saturated heterocycles. The molecule has 1 aromatic rings. The number of halogens is 1. The summed E-state index contributed by atoms with van der Waals surface area (Å²) >= 11 is 5.56. The average molecular weight is 174 g/mol. The van der Waals surface area contributed by atoms with Crippen molar-refractivity contribution in [1.82, 2.24) is 9.78 Å². The van der Waals surface area contributed by atoms with Gasteiger partial charge in [-0.25, -0.2) is 4.68 Å². The maximum atomic E-state index is 11.1. The molecule has 2 N–H and O–H groups in total. The fourth-order valence-corrected chi connectivity index (χ4v) is 0.849. The summed E-state index contributed by atoms with van der Waals surface area (Å²) in [4.78, 5) is 11.1. The molecule has 0 aliphatic carbocycles. The van der Waals surface area contributed by atoms with Gasteiger partial charge in [0.15, 0.2) is 0 Å². The van der Waals surface area contributed by atoms with Crippen LogP contribution in [0, 0.1) is 0 Å². The Morgan fingerprint density at radius 2 is 2.45 bits per heavy atom. The third-order valence-corrected chi connectivity index (χ3v) is 1.69. The number of aryl methyl sites for hydroxylation is 1. The van der Waals surface area contributed by atoms with Crippen LogP contribution in [-0.2, 0) is 6.54 Å². The lowest BCUT2D eigenvalue weighted by molar-refractivity contribution is 0.617. The predicted molar refractivity (Wildman–Crippen MR) is 43.6 cm³/mol. The van der Waals surface area contributed by atoms with Gasteiger partial charge in [0.1, 0.15) is 5.02 Å². The summed E-state index contributed by atoms with van der Waals surface area (Å²) in [5.74, 6) is 0. The van der Waals surface area contributed by atoms with Crippen LogP contribution in [0.4, 0.5) is 5.69 Å². The highest BCUT2D eigenvalue weighted by Gasteiger charge is 2.03. The number of hydrogen-bond donors (Lipinski definition) is 1. The standard InChI is InChI=1S/C6H8ClN3O/c1-2-10-6(11)5(7)4(8)3-9-10/h3H,2,8H2,1H3. The minimum absolute atomic E-state index is 0.0434. The lowest BCUT2D eigenvalue weighted by Gasteiger charge is -2.00. The molecule has 4 nitrogen and oxygen atoms in total. The Bertz CT molecular complexity index is 320. The summed E-state index contributed by atoms with van der Waals surface area (Å²) in [6.45, 7) is 2.31. The van der Waals surface area contributed by atoms with Crippen LogP contribution < -0.4 is 11.3 Å². The summed E-state index contributed by atoms with van der Waals surface area (Å²) in [6.07, 6.45) is 1.37. The fourth-order valence-electron chi connectivity index (χ4n) is 0.703. The van der Waals surface area contributed by atoms with E-state index in [0.717, 1.165) is 0 Å². The summed E-state index contributed by atoms with van der Waals surface area (Å²) in [5.41, 5.74) is 5.22. The molecular weight excluding hydrogens is 166 g/mol. The monoisotopic (exact) mass is 173 g/mol. The zero-order valence-electron chi connectivity index (χ0n) is 6.04. The maximum absolute atomic E-state index is 11.1. The van der Waals surface area contributed by atoms with Crippen molar-refractivity contribution in [3.05, 3.63) is 21.6 Å². The number of rotatable bonds is 1. The van der Waals surface area contributed by atoms with Gasteiger partial charge in [-0.1, -0.05) is 11.6 Å². The van der Waals surface area contributed by atoms with Crippen molar-refractivity contribution in [2.75, 3.05) is 5.73 Å². The molecule has 0 spiro atoms. The predicted octanol–water partition coefficient (Wildman–Crippen LogP) is 0.499. The molecular formula is C6H8ClN3O. The van der Waals surface area contributed by atoms with Crippen LogP contribution in [0.2, 0.25) is 5.02 Å². The van der Waals surface area contributed by atoms with E-state index < -0.39 is 0 Å². The molecule has 0 aromatic carbocycles. The molecule has 0 bridgehead atoms. The first-order chi connectivity index (χ1) is 5.16. The van der Waals surface area contributed by atoms with Gasteiger partial charge in [0.25, 0.3) is 5.56 Å². The lowest BCUT2D eigenvalue weighted by Crippen LogP contribution is -2.22. The molecule has 1 rings (SSSR count). The summed E-state index contributed by atoms with van der Waals surface area (Å²) in [7, 11) is 0. The molecule has 11 heavy (non-hydrogen) atoms. The van der Waals surface area contributed by atoms with Crippen LogP contribution in [0.3, 0.4) is 0 Å². The third kappa shape index (κ3) is 1.35. The van der Waals surface area contributed by atoms with E-state index in [1.54, 1.807) is 6.92 Å². The average Bonchev–Trinajstić information content (AvgIpc) is 2.01. The van der Waals surface area contributed by atoms with Crippen LogP contribution in [0.5, 0.6) is 0 Å². The van der Waals surface area contributed by atoms with Gasteiger partial charge in [0.05, 0.1) is 11.9 Å². The van der Waals surface area contributed by atoms with Crippen molar-refractivity contribution in [2.45, 2.75) is 13.5 Å². The zero-order chi connectivity index (χ0) is 8.43. The van der Waals surface area contributed by atoms with E-state index in [-0.39, 0.29) is 16.3 Å². The number of nitrogens with zero attached hydrogens (tertiary/aromatic N) is 2. The second-order valence-electron chi connectivity index (χ2n) is 2.03. The normalized spacial score (nSPS) is 10.0. The van der Waals surface area contributed by atoms with Gasteiger partial charge >= 0.3 is 0 Å². The highest BCUT2D eigenvalue weighted by atomic mass is 35.5. The van der Waals surface area contributed by atoms with Crippen LogP contribution in [0.1, 0.15) is 6.92 Å². The van der Waals surface area contributed by atoms with E-state index in [9.17, 15) is 4.79 Å². The smallest absolute Gasteiger partial charge is 0.287 e. The third-order valence-electron chi connectivity index (χ3n) is 1.31. The van der Waals surface area contributed by atoms with Crippen LogP contribution in [0.25, 0.3) is 0 Å². The number of nitrogen functional groups attached to an aromatic ring is 1. The molecule has 0 aliphatic rings. The van der Waals surface area contributed by atoms with Gasteiger partial charge in [0.2, 0.25) is 0 Å². The minimum atomic E-state index is -0.339. The summed E-state index contributed by atoms with van der Waals surface area (Å²) < 4.78 is 1.25. The van der Waals surface area contributed by atoms with Gasteiger partial charge in [-0.15, -0.1) is 0 Å². The van der Waals surface area contributed by atoms with Gasteiger partial charge in [-0.2, -0.15) is 5.10 Å². The molecule has 0 amide bonds. The Morgan fingerprint density at radius 1 is 1.82 bits per heavy atom. The van der Waals surface area contributed by atoms with E-state index >= 15 is 0 Å². The van der Waals surface area contributed by atoms with Crippen LogP contribution in [-0.4, -0.2) is 9.78 Å². The van der Waals surface area contributed by atoms with Gasteiger partial charge in [-0.3, -0.25) is 4.79 Å². The van der Waals surface area contributed by atoms with E-state index in [2.05, 4.69) is 5.10 Å². The van der Waals surface area contributed by atoms with Gasteiger partial charge in [0, 0.05) is 6.54 Å². The second kappa shape index (κ2) is 2.92. The van der Waals surface area contributed by atoms with Gasteiger partial charge in [-0.05, 0) is 6.92 Å². The molecule has 0 aliphatic heterocycles. The second-order valence-corrected chi connectivity index (χ2v) is 2.41. The van der Waals surface area contributed by atoms with Crippen molar-refractivity contribution < 1.29 is 0 Å². The van der Waals surface area contributed by atoms with Crippen molar-refractivity contribution in [3.63, 3.8) is 0 Å². The lowest BCUT2D eigenvalue weighted by atomic mass is 10.5. The van der Waals surface area contributed by atoms with E-state index in [1.165, 1.54) is 10.9 Å². The Kier molecular flexibility index (Phi) is 2.14. The van der Waals surface area contributed by atoms with Crippen molar-refractivity contribution in [3.8, 4) is 0 Å². The minimum Gasteiger partial charge on any atom is -0.396 e. The molecule has 1 heterocycles. The molecule has 0 unspecified atom stereocenters. The highest BCUT2D eigenvalue weighted by molar-refractivity contribution is 6.32. The molecule has 5 heteroatoms. The first-order valence-electron chi connectivity index (χ1n) is 3.18. The molecule has 0 fully saturated rings. The number of anilines is 1. The Balaban J connectivity index is 3.37. The SMILES string of the molecule is CCn1ncc(N)c(Cl)c1=O. The Labute approximate surface area is 68.6 Å². The number of nitrogens with two attached hydrogens (primary N) is 1. The van der Waals surface area contributed by atoms with E-state index in [1.807, 2.05) is 0 Å². The molecule has 0 radical (unpaired) electrons.